The summed E-state index contributed by atoms with van der Waals surface area (Å²) in [5.74, 6) is 0.191. The predicted octanol–water partition coefficient (Wildman–Crippen LogP) is 7.88. The molecule has 0 radical (unpaired) electrons. The summed E-state index contributed by atoms with van der Waals surface area (Å²) in [5.41, 5.74) is 10.8. The zero-order chi connectivity index (χ0) is 25.2. The molecule has 33 heavy (non-hydrogen) atoms. The Bertz CT molecular complexity index is 1080. The molecule has 0 saturated carbocycles. The number of nitrogens with one attached hydrogen (secondary N) is 1. The maximum absolute atomic E-state index is 12.3. The van der Waals surface area contributed by atoms with Crippen molar-refractivity contribution in [1.29, 1.82) is 5.41 Å². The van der Waals surface area contributed by atoms with Crippen LogP contribution in [0.25, 0.3) is 16.9 Å². The third kappa shape index (κ3) is 8.52. The van der Waals surface area contributed by atoms with Gasteiger partial charge in [-0.15, -0.1) is 13.2 Å². The lowest BCUT2D eigenvalue weighted by atomic mass is 10.0. The van der Waals surface area contributed by atoms with E-state index in [1.54, 1.807) is 12.3 Å². The van der Waals surface area contributed by atoms with Crippen molar-refractivity contribution in [3.63, 3.8) is 0 Å². The number of furan rings is 1. The van der Waals surface area contributed by atoms with Crippen molar-refractivity contribution >= 4 is 11.3 Å². The van der Waals surface area contributed by atoms with Crippen molar-refractivity contribution in [1.82, 2.24) is 0 Å². The standard InChI is InChI=1S/C13H10F3NO2.C11H15N.C2H6/c1-8(17)10-6-7-11(18-10)9-4-2-3-5-12(9)19-13(14,15)16;1-8-4-5-11(9(2)6-8)10(3)7-12;1-2/h2-7,17H,1H3;4-7H,12H2,1-3H3;1-2H3/b;10-7+;. The Morgan fingerprint density at radius 1 is 1.00 bits per heavy atom. The van der Waals surface area contributed by atoms with Crippen molar-refractivity contribution in [2.45, 2.75) is 47.9 Å². The molecule has 0 atom stereocenters. The summed E-state index contributed by atoms with van der Waals surface area (Å²) in [5, 5.41) is 7.40. The van der Waals surface area contributed by atoms with E-state index in [1.807, 2.05) is 20.8 Å². The first kappa shape index (κ1) is 27.6. The monoisotopic (exact) mass is 460 g/mol. The highest BCUT2D eigenvalue weighted by atomic mass is 19.4. The van der Waals surface area contributed by atoms with Crippen LogP contribution < -0.4 is 10.5 Å². The number of alkyl halides is 3. The summed E-state index contributed by atoms with van der Waals surface area (Å²) in [7, 11) is 0. The Morgan fingerprint density at radius 3 is 2.15 bits per heavy atom. The second-order valence-electron chi connectivity index (χ2n) is 7.00. The zero-order valence-corrected chi connectivity index (χ0v) is 19.8. The SMILES string of the molecule is C/C(=C\N)c1ccc(C)cc1C.CC.CC(=N)c1ccc(-c2ccccc2OC(F)(F)F)o1. The predicted molar refractivity (Wildman–Crippen MR) is 128 cm³/mol. The van der Waals surface area contributed by atoms with E-state index in [0.717, 1.165) is 5.57 Å². The number of para-hydroxylation sites is 1. The van der Waals surface area contributed by atoms with Gasteiger partial charge >= 0.3 is 6.36 Å². The molecule has 2 aromatic carbocycles. The van der Waals surface area contributed by atoms with E-state index in [4.69, 9.17) is 15.6 Å². The van der Waals surface area contributed by atoms with Crippen molar-refractivity contribution < 1.29 is 22.3 Å². The van der Waals surface area contributed by atoms with Crippen LogP contribution in [-0.4, -0.2) is 12.1 Å². The maximum atomic E-state index is 12.3. The van der Waals surface area contributed by atoms with Gasteiger partial charge in [0.15, 0.2) is 0 Å². The van der Waals surface area contributed by atoms with E-state index in [-0.39, 0.29) is 22.8 Å². The molecular formula is C26H31F3N2O2. The van der Waals surface area contributed by atoms with Crippen LogP contribution in [0, 0.1) is 19.3 Å². The largest absolute Gasteiger partial charge is 0.573 e. The summed E-state index contributed by atoms with van der Waals surface area (Å²) >= 11 is 0. The van der Waals surface area contributed by atoms with Crippen LogP contribution >= 0.6 is 0 Å². The van der Waals surface area contributed by atoms with E-state index in [9.17, 15) is 13.2 Å². The molecule has 178 valence electrons. The molecule has 0 bridgehead atoms. The Balaban J connectivity index is 0.000000335. The molecule has 3 N–H and O–H groups in total. The number of hydrogen-bond donors (Lipinski definition) is 2. The Labute approximate surface area is 193 Å². The van der Waals surface area contributed by atoms with E-state index in [2.05, 4.69) is 36.8 Å². The van der Waals surface area contributed by atoms with Gasteiger partial charge in [-0.25, -0.2) is 0 Å². The highest BCUT2D eigenvalue weighted by Crippen LogP contribution is 2.34. The number of ether oxygens (including phenoxy) is 1. The molecule has 0 unspecified atom stereocenters. The molecule has 0 aliphatic heterocycles. The molecule has 3 aromatic rings. The van der Waals surface area contributed by atoms with Gasteiger partial charge in [-0.2, -0.15) is 0 Å². The summed E-state index contributed by atoms with van der Waals surface area (Å²) in [6.07, 6.45) is -3.11. The van der Waals surface area contributed by atoms with Gasteiger partial charge in [0.25, 0.3) is 0 Å². The normalized spacial score (nSPS) is 11.0. The van der Waals surface area contributed by atoms with Crippen molar-refractivity contribution in [3.8, 4) is 17.1 Å². The highest BCUT2D eigenvalue weighted by molar-refractivity contribution is 5.94. The third-order valence-electron chi connectivity index (χ3n) is 4.41. The molecule has 7 heteroatoms. The number of allylic oxidation sites excluding steroid dienone is 1. The Hall–Kier alpha value is -3.48. The number of halogens is 3. The van der Waals surface area contributed by atoms with Gasteiger partial charge in [0, 0.05) is 0 Å². The lowest BCUT2D eigenvalue weighted by Crippen LogP contribution is -2.17. The van der Waals surface area contributed by atoms with Gasteiger partial charge in [-0.1, -0.05) is 49.7 Å². The first-order chi connectivity index (χ1) is 15.5. The van der Waals surface area contributed by atoms with Crippen LogP contribution in [-0.2, 0) is 0 Å². The molecule has 0 saturated heterocycles. The Morgan fingerprint density at radius 2 is 1.64 bits per heavy atom. The van der Waals surface area contributed by atoms with Crippen molar-refractivity contribution in [3.05, 3.63) is 83.2 Å². The van der Waals surface area contributed by atoms with Crippen LogP contribution in [0.2, 0.25) is 0 Å². The van der Waals surface area contributed by atoms with Gasteiger partial charge in [-0.05, 0) is 74.9 Å². The lowest BCUT2D eigenvalue weighted by molar-refractivity contribution is -0.274. The Kier molecular flexibility index (Phi) is 10.5. The average Bonchev–Trinajstić information content (AvgIpc) is 3.25. The third-order valence-corrected chi connectivity index (χ3v) is 4.41. The van der Waals surface area contributed by atoms with Crippen LogP contribution in [0.5, 0.6) is 5.75 Å². The quantitative estimate of drug-likeness (QED) is 0.389. The smallest absolute Gasteiger partial charge is 0.455 e. The second kappa shape index (κ2) is 12.5. The molecule has 0 fully saturated rings. The fourth-order valence-electron chi connectivity index (χ4n) is 2.91. The first-order valence-corrected chi connectivity index (χ1v) is 10.5. The van der Waals surface area contributed by atoms with Crippen LogP contribution in [0.1, 0.15) is 50.1 Å². The molecule has 0 aliphatic carbocycles. The number of benzene rings is 2. The highest BCUT2D eigenvalue weighted by Gasteiger charge is 2.32. The number of aryl methyl sites for hydroxylation is 2. The van der Waals surface area contributed by atoms with E-state index < -0.39 is 6.36 Å². The van der Waals surface area contributed by atoms with E-state index in [1.165, 1.54) is 53.9 Å². The van der Waals surface area contributed by atoms with E-state index in [0.29, 0.717) is 5.76 Å². The second-order valence-corrected chi connectivity index (χ2v) is 7.00. The summed E-state index contributed by atoms with van der Waals surface area (Å²) < 4.78 is 46.1. The maximum Gasteiger partial charge on any atom is 0.573 e. The molecule has 3 rings (SSSR count). The summed E-state index contributed by atoms with van der Waals surface area (Å²) in [6, 6.07) is 15.1. The van der Waals surface area contributed by atoms with Crippen molar-refractivity contribution in [2.24, 2.45) is 5.73 Å². The minimum Gasteiger partial charge on any atom is -0.455 e. The molecule has 0 amide bonds. The van der Waals surface area contributed by atoms with Gasteiger partial charge < -0.3 is 20.3 Å². The van der Waals surface area contributed by atoms with Gasteiger partial charge in [0.05, 0.1) is 11.3 Å². The average molecular weight is 461 g/mol. The van der Waals surface area contributed by atoms with Crippen LogP contribution in [0.15, 0.2) is 65.2 Å². The topological polar surface area (TPSA) is 72.2 Å². The van der Waals surface area contributed by atoms with Gasteiger partial charge in [-0.3, -0.25) is 0 Å². The van der Waals surface area contributed by atoms with Gasteiger partial charge in [0.1, 0.15) is 17.3 Å². The first-order valence-electron chi connectivity index (χ1n) is 10.5. The van der Waals surface area contributed by atoms with Crippen LogP contribution in [0.4, 0.5) is 13.2 Å². The number of nitrogens with two attached hydrogens (primary N) is 1. The molecule has 1 aromatic heterocycles. The van der Waals surface area contributed by atoms with E-state index >= 15 is 0 Å². The minimum atomic E-state index is -4.76. The lowest BCUT2D eigenvalue weighted by Gasteiger charge is -2.11. The number of hydrogen-bond acceptors (Lipinski definition) is 4. The summed E-state index contributed by atoms with van der Waals surface area (Å²) in [4.78, 5) is 0. The zero-order valence-electron chi connectivity index (χ0n) is 19.8. The summed E-state index contributed by atoms with van der Waals surface area (Å²) in [6.45, 7) is 11.8. The molecule has 0 spiro atoms. The molecule has 0 aliphatic rings. The fourth-order valence-corrected chi connectivity index (χ4v) is 2.91. The number of rotatable bonds is 4. The van der Waals surface area contributed by atoms with Gasteiger partial charge in [0.2, 0.25) is 0 Å². The molecule has 1 heterocycles. The van der Waals surface area contributed by atoms with Crippen molar-refractivity contribution in [2.75, 3.05) is 0 Å². The minimum absolute atomic E-state index is 0.187. The van der Waals surface area contributed by atoms with Crippen LogP contribution in [0.3, 0.4) is 0 Å². The molecule has 4 nitrogen and oxygen atoms in total. The fraction of sp³-hybridized carbons (Fsp3) is 0.269. The molecular weight excluding hydrogens is 429 g/mol.